The molecule has 1 rings (SSSR count). The molecule has 1 unspecified atom stereocenters. The van der Waals surface area contributed by atoms with E-state index < -0.39 is 0 Å². The molecule has 1 aromatic rings. The fourth-order valence-electron chi connectivity index (χ4n) is 1.31. The lowest BCUT2D eigenvalue weighted by molar-refractivity contribution is 0.250. The van der Waals surface area contributed by atoms with E-state index in [4.69, 9.17) is 5.11 Å². The van der Waals surface area contributed by atoms with Gasteiger partial charge in [-0.2, -0.15) is 0 Å². The predicted molar refractivity (Wildman–Crippen MR) is 78.5 cm³/mol. The lowest BCUT2D eigenvalue weighted by Gasteiger charge is -2.10. The fourth-order valence-corrected chi connectivity index (χ4v) is 2.93. The number of hydrogen-bond donors (Lipinski definition) is 2. The maximum absolute atomic E-state index is 8.98. The number of halogens is 1. The minimum Gasteiger partial charge on any atom is -0.396 e. The molecular formula is C13H20BrNOS. The van der Waals surface area contributed by atoms with Crippen LogP contribution in [-0.4, -0.2) is 24.0 Å². The number of nitrogens with one attached hydrogen (secondary N) is 1. The molecule has 1 atom stereocenters. The van der Waals surface area contributed by atoms with E-state index in [-0.39, 0.29) is 6.61 Å². The van der Waals surface area contributed by atoms with Crippen molar-refractivity contribution in [1.29, 1.82) is 0 Å². The third kappa shape index (κ3) is 5.42. The molecule has 0 fully saturated rings. The molecule has 0 heterocycles. The molecule has 4 heteroatoms. The molecule has 0 spiro atoms. The minimum absolute atomic E-state index is 0.257. The first-order valence-electron chi connectivity index (χ1n) is 5.90. The van der Waals surface area contributed by atoms with Gasteiger partial charge in [-0.15, -0.1) is 11.8 Å². The van der Waals surface area contributed by atoms with Gasteiger partial charge < -0.3 is 10.4 Å². The summed E-state index contributed by atoms with van der Waals surface area (Å²) in [5.41, 5.74) is 1.28. The maximum atomic E-state index is 8.98. The van der Waals surface area contributed by atoms with E-state index >= 15 is 0 Å². The molecule has 2 N–H and O–H groups in total. The molecule has 0 aliphatic carbocycles. The Morgan fingerprint density at radius 1 is 1.47 bits per heavy atom. The van der Waals surface area contributed by atoms with E-state index in [0.717, 1.165) is 23.3 Å². The van der Waals surface area contributed by atoms with Gasteiger partial charge in [-0.3, -0.25) is 0 Å². The van der Waals surface area contributed by atoms with Crippen molar-refractivity contribution >= 4 is 27.7 Å². The van der Waals surface area contributed by atoms with Gasteiger partial charge in [-0.05, 0) is 30.2 Å². The highest BCUT2D eigenvalue weighted by molar-refractivity contribution is 9.10. The molecule has 17 heavy (non-hydrogen) atoms. The fraction of sp³-hybridized carbons (Fsp3) is 0.538. The van der Waals surface area contributed by atoms with Crippen molar-refractivity contribution < 1.29 is 5.11 Å². The average Bonchev–Trinajstić information content (AvgIpc) is 2.34. The molecule has 0 radical (unpaired) electrons. The van der Waals surface area contributed by atoms with Crippen molar-refractivity contribution in [2.24, 2.45) is 5.92 Å². The highest BCUT2D eigenvalue weighted by Crippen LogP contribution is 2.26. The van der Waals surface area contributed by atoms with Crippen LogP contribution in [0.2, 0.25) is 0 Å². The van der Waals surface area contributed by atoms with Gasteiger partial charge in [0.15, 0.2) is 0 Å². The van der Waals surface area contributed by atoms with Crippen molar-refractivity contribution in [3.63, 3.8) is 0 Å². The Hall–Kier alpha value is -0.0300. The van der Waals surface area contributed by atoms with Crippen LogP contribution in [0.25, 0.3) is 0 Å². The second-order valence-corrected chi connectivity index (χ2v) is 6.08. The van der Waals surface area contributed by atoms with Crippen molar-refractivity contribution in [2.45, 2.75) is 25.3 Å². The van der Waals surface area contributed by atoms with Crippen LogP contribution in [-0.2, 0) is 6.54 Å². The van der Waals surface area contributed by atoms with E-state index in [1.807, 2.05) is 0 Å². The third-order valence-electron chi connectivity index (χ3n) is 2.44. The number of aliphatic hydroxyl groups excluding tert-OH is 1. The molecule has 96 valence electrons. The van der Waals surface area contributed by atoms with Crippen LogP contribution in [0.4, 0.5) is 0 Å². The SMILES string of the molecule is CCNCc1ccc(SCC(C)CO)cc1Br. The van der Waals surface area contributed by atoms with Gasteiger partial charge in [-0.25, -0.2) is 0 Å². The van der Waals surface area contributed by atoms with E-state index in [2.05, 4.69) is 53.3 Å². The summed E-state index contributed by atoms with van der Waals surface area (Å²) in [7, 11) is 0. The molecule has 0 aliphatic heterocycles. The van der Waals surface area contributed by atoms with Gasteiger partial charge in [0.25, 0.3) is 0 Å². The summed E-state index contributed by atoms with van der Waals surface area (Å²) in [6, 6.07) is 6.45. The van der Waals surface area contributed by atoms with E-state index in [9.17, 15) is 0 Å². The van der Waals surface area contributed by atoms with Crippen molar-refractivity contribution in [3.8, 4) is 0 Å². The molecular weight excluding hydrogens is 298 g/mol. The van der Waals surface area contributed by atoms with Crippen LogP contribution in [0.1, 0.15) is 19.4 Å². The zero-order valence-corrected chi connectivity index (χ0v) is 12.8. The molecule has 0 aliphatic rings. The van der Waals surface area contributed by atoms with Crippen LogP contribution in [0.3, 0.4) is 0 Å². The Bertz CT molecular complexity index is 346. The number of rotatable bonds is 7. The molecule has 2 nitrogen and oxygen atoms in total. The Labute approximate surface area is 116 Å². The van der Waals surface area contributed by atoms with E-state index in [1.54, 1.807) is 11.8 Å². The minimum atomic E-state index is 0.257. The highest BCUT2D eigenvalue weighted by atomic mass is 79.9. The lowest BCUT2D eigenvalue weighted by Crippen LogP contribution is -2.12. The van der Waals surface area contributed by atoms with Crippen molar-refractivity contribution in [2.75, 3.05) is 18.9 Å². The zero-order chi connectivity index (χ0) is 12.7. The zero-order valence-electron chi connectivity index (χ0n) is 10.4. The van der Waals surface area contributed by atoms with Gasteiger partial charge in [0.2, 0.25) is 0 Å². The van der Waals surface area contributed by atoms with Crippen LogP contribution >= 0.6 is 27.7 Å². The second-order valence-electron chi connectivity index (χ2n) is 4.13. The van der Waals surface area contributed by atoms with E-state index in [1.165, 1.54) is 10.5 Å². The summed E-state index contributed by atoms with van der Waals surface area (Å²) in [5, 5.41) is 12.3. The van der Waals surface area contributed by atoms with Gasteiger partial charge in [-0.1, -0.05) is 35.8 Å². The van der Waals surface area contributed by atoms with Gasteiger partial charge in [0, 0.05) is 28.3 Å². The molecule has 0 amide bonds. The average molecular weight is 318 g/mol. The lowest BCUT2D eigenvalue weighted by atomic mass is 10.2. The summed E-state index contributed by atoms with van der Waals surface area (Å²) in [5.74, 6) is 1.30. The first-order chi connectivity index (χ1) is 8.17. The number of hydrogen-bond acceptors (Lipinski definition) is 3. The Balaban J connectivity index is 2.55. The van der Waals surface area contributed by atoms with Crippen molar-refractivity contribution in [3.05, 3.63) is 28.2 Å². The summed E-state index contributed by atoms with van der Waals surface area (Å²) >= 11 is 5.39. The Morgan fingerprint density at radius 2 is 2.24 bits per heavy atom. The first-order valence-corrected chi connectivity index (χ1v) is 7.68. The van der Waals surface area contributed by atoms with Crippen LogP contribution < -0.4 is 5.32 Å². The monoisotopic (exact) mass is 317 g/mol. The van der Waals surface area contributed by atoms with Crippen LogP contribution in [0.15, 0.2) is 27.6 Å². The topological polar surface area (TPSA) is 32.3 Å². The largest absolute Gasteiger partial charge is 0.396 e. The smallest absolute Gasteiger partial charge is 0.0464 e. The summed E-state index contributed by atoms with van der Waals surface area (Å²) < 4.78 is 1.15. The molecule has 0 aromatic heterocycles. The summed E-state index contributed by atoms with van der Waals surface area (Å²) in [4.78, 5) is 1.25. The van der Waals surface area contributed by atoms with Crippen LogP contribution in [0, 0.1) is 5.92 Å². The Morgan fingerprint density at radius 3 is 2.82 bits per heavy atom. The molecule has 0 saturated carbocycles. The molecule has 0 bridgehead atoms. The second kappa shape index (κ2) is 8.14. The quantitative estimate of drug-likeness (QED) is 0.757. The number of benzene rings is 1. The standard InChI is InChI=1S/C13H20BrNOS/c1-3-15-7-11-4-5-12(6-13(11)14)17-9-10(2)8-16/h4-6,10,15-16H,3,7-9H2,1-2H3. The highest BCUT2D eigenvalue weighted by Gasteiger charge is 2.04. The van der Waals surface area contributed by atoms with E-state index in [0.29, 0.717) is 5.92 Å². The van der Waals surface area contributed by atoms with Crippen LogP contribution in [0.5, 0.6) is 0 Å². The predicted octanol–water partition coefficient (Wildman–Crippen LogP) is 3.28. The number of thioether (sulfide) groups is 1. The van der Waals surface area contributed by atoms with Gasteiger partial charge in [0.1, 0.15) is 0 Å². The summed E-state index contributed by atoms with van der Waals surface area (Å²) in [6.07, 6.45) is 0. The van der Waals surface area contributed by atoms with Gasteiger partial charge in [0.05, 0.1) is 0 Å². The van der Waals surface area contributed by atoms with Crippen molar-refractivity contribution in [1.82, 2.24) is 5.32 Å². The van der Waals surface area contributed by atoms with Gasteiger partial charge >= 0.3 is 0 Å². The third-order valence-corrected chi connectivity index (χ3v) is 4.50. The normalized spacial score (nSPS) is 12.7. The number of aliphatic hydroxyl groups is 1. The Kier molecular flexibility index (Phi) is 7.19. The maximum Gasteiger partial charge on any atom is 0.0464 e. The molecule has 1 aromatic carbocycles. The summed E-state index contributed by atoms with van der Waals surface area (Å²) in [6.45, 7) is 6.30. The first kappa shape index (κ1) is 15.0. The molecule has 0 saturated heterocycles.